The fourth-order valence-corrected chi connectivity index (χ4v) is 1.35. The molecule has 0 aromatic carbocycles. The number of aliphatic hydroxyl groups is 2. The molecule has 0 aliphatic carbocycles. The molecular weight excluding hydrogens is 280 g/mol. The molecule has 0 aliphatic heterocycles. The van der Waals surface area contributed by atoms with Gasteiger partial charge in [0.05, 0.1) is 12.7 Å². The lowest BCUT2D eigenvalue weighted by Crippen LogP contribution is -2.24. The number of hydrogen-bond donors (Lipinski definition) is 4. The van der Waals surface area contributed by atoms with Crippen molar-refractivity contribution in [3.63, 3.8) is 0 Å². The minimum atomic E-state index is -1.12. The molecule has 0 amide bonds. The first-order valence-corrected chi connectivity index (χ1v) is 5.25. The van der Waals surface area contributed by atoms with Crippen molar-refractivity contribution in [2.45, 2.75) is 6.10 Å². The highest BCUT2D eigenvalue weighted by molar-refractivity contribution is 9.10. The molecule has 1 aromatic heterocycles. The summed E-state index contributed by atoms with van der Waals surface area (Å²) in [6, 6.07) is 1.41. The Balaban J connectivity index is 2.82. The third kappa shape index (κ3) is 3.44. The van der Waals surface area contributed by atoms with Crippen molar-refractivity contribution < 1.29 is 20.1 Å². The average molecular weight is 291 g/mol. The third-order valence-electron chi connectivity index (χ3n) is 1.80. The second kappa shape index (κ2) is 5.78. The molecule has 1 atom stereocenters. The van der Waals surface area contributed by atoms with E-state index in [1.807, 2.05) is 0 Å². The second-order valence-electron chi connectivity index (χ2n) is 3.07. The van der Waals surface area contributed by atoms with E-state index >= 15 is 0 Å². The van der Waals surface area contributed by atoms with E-state index in [-0.39, 0.29) is 17.9 Å². The largest absolute Gasteiger partial charge is 0.478 e. The Hall–Kier alpha value is -1.18. The van der Waals surface area contributed by atoms with E-state index in [1.165, 1.54) is 12.3 Å². The second-order valence-corrected chi connectivity index (χ2v) is 3.99. The van der Waals surface area contributed by atoms with E-state index in [9.17, 15) is 4.79 Å². The van der Waals surface area contributed by atoms with Gasteiger partial charge in [0, 0.05) is 17.2 Å². The van der Waals surface area contributed by atoms with Crippen molar-refractivity contribution in [3.8, 4) is 0 Å². The van der Waals surface area contributed by atoms with Gasteiger partial charge in [-0.1, -0.05) is 0 Å². The van der Waals surface area contributed by atoms with Crippen molar-refractivity contribution in [1.29, 1.82) is 0 Å². The Kier molecular flexibility index (Phi) is 4.66. The molecule has 88 valence electrons. The molecule has 0 radical (unpaired) electrons. The van der Waals surface area contributed by atoms with Gasteiger partial charge in [-0.2, -0.15) is 0 Å². The van der Waals surface area contributed by atoms with Crippen molar-refractivity contribution in [1.82, 2.24) is 4.98 Å². The molecule has 0 fully saturated rings. The quantitative estimate of drug-likeness (QED) is 0.622. The SMILES string of the molecule is O=C(O)c1cc(Br)cnc1NCC(O)CO. The number of carbonyl (C=O) groups is 1. The first kappa shape index (κ1) is 12.9. The summed E-state index contributed by atoms with van der Waals surface area (Å²) in [5.74, 6) is -0.960. The van der Waals surface area contributed by atoms with E-state index in [0.29, 0.717) is 4.47 Å². The van der Waals surface area contributed by atoms with Gasteiger partial charge in [-0.15, -0.1) is 0 Å². The number of hydrogen-bond acceptors (Lipinski definition) is 5. The minimum absolute atomic E-state index is 0.000449. The Morgan fingerprint density at radius 2 is 2.31 bits per heavy atom. The van der Waals surface area contributed by atoms with E-state index in [1.54, 1.807) is 0 Å². The molecule has 0 spiro atoms. The number of aromatic nitrogens is 1. The zero-order valence-electron chi connectivity index (χ0n) is 8.22. The molecule has 0 saturated heterocycles. The molecule has 0 bridgehead atoms. The van der Waals surface area contributed by atoms with Crippen LogP contribution in [0.5, 0.6) is 0 Å². The van der Waals surface area contributed by atoms with Gasteiger partial charge >= 0.3 is 5.97 Å². The number of nitrogens with one attached hydrogen (secondary N) is 1. The zero-order chi connectivity index (χ0) is 12.1. The first-order chi connectivity index (χ1) is 7.54. The van der Waals surface area contributed by atoms with Gasteiger partial charge in [0.25, 0.3) is 0 Å². The summed E-state index contributed by atoms with van der Waals surface area (Å²) in [7, 11) is 0. The van der Waals surface area contributed by atoms with E-state index < -0.39 is 18.7 Å². The van der Waals surface area contributed by atoms with Crippen LogP contribution in [-0.2, 0) is 0 Å². The predicted molar refractivity (Wildman–Crippen MR) is 60.5 cm³/mol. The molecule has 1 rings (SSSR count). The summed E-state index contributed by atoms with van der Waals surface area (Å²) >= 11 is 3.12. The van der Waals surface area contributed by atoms with Crippen molar-refractivity contribution >= 4 is 27.7 Å². The smallest absolute Gasteiger partial charge is 0.339 e. The van der Waals surface area contributed by atoms with Crippen LogP contribution < -0.4 is 5.32 Å². The van der Waals surface area contributed by atoms with Gasteiger partial charge in [0.2, 0.25) is 0 Å². The summed E-state index contributed by atoms with van der Waals surface area (Å²) < 4.78 is 0.554. The van der Waals surface area contributed by atoms with Crippen LogP contribution in [-0.4, -0.2) is 45.5 Å². The average Bonchev–Trinajstić information content (AvgIpc) is 2.26. The maximum absolute atomic E-state index is 10.9. The number of carboxylic acids is 1. The summed E-state index contributed by atoms with van der Waals surface area (Å²) in [4.78, 5) is 14.7. The van der Waals surface area contributed by atoms with Crippen LogP contribution in [0.4, 0.5) is 5.82 Å². The van der Waals surface area contributed by atoms with Crippen LogP contribution >= 0.6 is 15.9 Å². The highest BCUT2D eigenvalue weighted by Gasteiger charge is 2.12. The topological polar surface area (TPSA) is 103 Å². The Labute approximate surface area is 100 Å². The molecule has 16 heavy (non-hydrogen) atoms. The number of anilines is 1. The number of aliphatic hydroxyl groups excluding tert-OH is 2. The van der Waals surface area contributed by atoms with Crippen LogP contribution in [0.2, 0.25) is 0 Å². The molecule has 0 saturated carbocycles. The van der Waals surface area contributed by atoms with Gasteiger partial charge in [0.15, 0.2) is 0 Å². The number of carboxylic acid groups (broad SMARTS) is 1. The standard InChI is InChI=1S/C9H11BrN2O4/c10-5-1-7(9(15)16)8(11-2-5)12-3-6(14)4-13/h1-2,6,13-14H,3-4H2,(H,11,12)(H,15,16). The summed E-state index contributed by atoms with van der Waals surface area (Å²) in [5, 5.41) is 29.3. The maximum atomic E-state index is 10.9. The summed E-state index contributed by atoms with van der Waals surface area (Å²) in [6.07, 6.45) is 0.493. The van der Waals surface area contributed by atoms with Gasteiger partial charge in [-0.05, 0) is 22.0 Å². The number of rotatable bonds is 5. The number of halogens is 1. The predicted octanol–water partition coefficient (Wildman–Crippen LogP) is 0.307. The van der Waals surface area contributed by atoms with Crippen molar-refractivity contribution in [2.24, 2.45) is 0 Å². The Bertz CT molecular complexity index is 386. The molecule has 7 heteroatoms. The molecule has 0 aliphatic rings. The van der Waals surface area contributed by atoms with Gasteiger partial charge < -0.3 is 20.6 Å². The highest BCUT2D eigenvalue weighted by atomic mass is 79.9. The maximum Gasteiger partial charge on any atom is 0.339 e. The van der Waals surface area contributed by atoms with E-state index in [0.717, 1.165) is 0 Å². The van der Waals surface area contributed by atoms with Crippen LogP contribution in [0.3, 0.4) is 0 Å². The Morgan fingerprint density at radius 3 is 2.88 bits per heavy atom. The Morgan fingerprint density at radius 1 is 1.62 bits per heavy atom. The van der Waals surface area contributed by atoms with Gasteiger partial charge in [-0.25, -0.2) is 9.78 Å². The summed E-state index contributed by atoms with van der Waals surface area (Å²) in [5.41, 5.74) is -0.000449. The lowest BCUT2D eigenvalue weighted by atomic mass is 10.2. The fourth-order valence-electron chi connectivity index (χ4n) is 1.02. The zero-order valence-corrected chi connectivity index (χ0v) is 9.81. The van der Waals surface area contributed by atoms with Gasteiger partial charge in [0.1, 0.15) is 11.4 Å². The number of nitrogens with zero attached hydrogens (tertiary/aromatic N) is 1. The first-order valence-electron chi connectivity index (χ1n) is 4.46. The van der Waals surface area contributed by atoms with Crippen LogP contribution in [0.15, 0.2) is 16.7 Å². The highest BCUT2D eigenvalue weighted by Crippen LogP contribution is 2.17. The van der Waals surface area contributed by atoms with Crippen molar-refractivity contribution in [2.75, 3.05) is 18.5 Å². The lowest BCUT2D eigenvalue weighted by Gasteiger charge is -2.11. The van der Waals surface area contributed by atoms with Crippen LogP contribution in [0.25, 0.3) is 0 Å². The molecule has 1 unspecified atom stereocenters. The van der Waals surface area contributed by atoms with E-state index in [4.69, 9.17) is 15.3 Å². The lowest BCUT2D eigenvalue weighted by molar-refractivity contribution is 0.0697. The number of aromatic carboxylic acids is 1. The van der Waals surface area contributed by atoms with Gasteiger partial charge in [-0.3, -0.25) is 0 Å². The van der Waals surface area contributed by atoms with Crippen molar-refractivity contribution in [3.05, 3.63) is 22.3 Å². The van der Waals surface area contributed by atoms with Crippen LogP contribution in [0.1, 0.15) is 10.4 Å². The fraction of sp³-hybridized carbons (Fsp3) is 0.333. The van der Waals surface area contributed by atoms with E-state index in [2.05, 4.69) is 26.2 Å². The molecule has 4 N–H and O–H groups in total. The summed E-state index contributed by atoms with van der Waals surface area (Å²) in [6.45, 7) is -0.364. The third-order valence-corrected chi connectivity index (χ3v) is 2.23. The molecule has 6 nitrogen and oxygen atoms in total. The molecule has 1 heterocycles. The normalized spacial score (nSPS) is 12.2. The minimum Gasteiger partial charge on any atom is -0.478 e. The monoisotopic (exact) mass is 290 g/mol. The number of pyridine rings is 1. The molecule has 1 aromatic rings. The van der Waals surface area contributed by atoms with Crippen LogP contribution in [0, 0.1) is 0 Å². The molecular formula is C9H11BrN2O4.